The van der Waals surface area contributed by atoms with E-state index in [1.165, 1.54) is 11.1 Å². The van der Waals surface area contributed by atoms with Crippen molar-refractivity contribution in [2.24, 2.45) is 11.7 Å². The molecule has 2 aromatic heterocycles. The minimum Gasteiger partial charge on any atom is -0.321 e. The van der Waals surface area contributed by atoms with Gasteiger partial charge in [0, 0.05) is 5.75 Å². The normalized spacial score (nSPS) is 14.3. The van der Waals surface area contributed by atoms with Gasteiger partial charge in [0.15, 0.2) is 10.2 Å². The Kier molecular flexibility index (Phi) is 4.99. The summed E-state index contributed by atoms with van der Waals surface area (Å²) < 4.78 is 2.80. The molecule has 0 aliphatic rings. The molecule has 0 spiro atoms. The second-order valence-electron chi connectivity index (χ2n) is 5.75. The van der Waals surface area contributed by atoms with Crippen LogP contribution in [0.3, 0.4) is 0 Å². The number of thioether (sulfide) groups is 1. The Morgan fingerprint density at radius 1 is 1.30 bits per heavy atom. The first-order chi connectivity index (χ1) is 11.1. The molecule has 0 bridgehead atoms. The SMILES string of the molecule is CCC(C)C(N)c1nnc2sc(SCc3ccccc3C)nn12. The molecule has 3 aromatic rings. The standard InChI is InChI=1S/C16H21N5S2/c1-4-10(2)13(17)14-18-19-15-21(14)20-16(23-15)22-9-12-8-6-5-7-11(12)3/h5-8,10,13H,4,9,17H2,1-3H3. The molecule has 5 nitrogen and oxygen atoms in total. The lowest BCUT2D eigenvalue weighted by Gasteiger charge is -2.15. The largest absolute Gasteiger partial charge is 0.321 e. The van der Waals surface area contributed by atoms with Crippen molar-refractivity contribution in [2.75, 3.05) is 0 Å². The van der Waals surface area contributed by atoms with E-state index in [1.807, 2.05) is 4.52 Å². The van der Waals surface area contributed by atoms with Crippen LogP contribution in [0.25, 0.3) is 4.96 Å². The summed E-state index contributed by atoms with van der Waals surface area (Å²) in [7, 11) is 0. The molecule has 3 rings (SSSR count). The first-order valence-corrected chi connectivity index (χ1v) is 9.55. The quantitative estimate of drug-likeness (QED) is 0.686. The Morgan fingerprint density at radius 2 is 2.09 bits per heavy atom. The topological polar surface area (TPSA) is 69.1 Å². The highest BCUT2D eigenvalue weighted by Gasteiger charge is 2.21. The van der Waals surface area contributed by atoms with E-state index >= 15 is 0 Å². The van der Waals surface area contributed by atoms with Crippen molar-refractivity contribution in [3.05, 3.63) is 41.2 Å². The average molecular weight is 348 g/mol. The predicted octanol–water partition coefficient (Wildman–Crippen LogP) is 3.83. The second-order valence-corrected chi connectivity index (χ2v) is 7.93. The third-order valence-electron chi connectivity index (χ3n) is 4.16. The lowest BCUT2D eigenvalue weighted by atomic mass is 10.00. The highest BCUT2D eigenvalue weighted by Crippen LogP contribution is 2.30. The fraction of sp³-hybridized carbons (Fsp3) is 0.438. The van der Waals surface area contributed by atoms with Crippen molar-refractivity contribution in [3.8, 4) is 0 Å². The van der Waals surface area contributed by atoms with Gasteiger partial charge in [-0.2, -0.15) is 4.52 Å². The van der Waals surface area contributed by atoms with Gasteiger partial charge >= 0.3 is 0 Å². The number of rotatable bonds is 6. The maximum absolute atomic E-state index is 6.29. The molecule has 2 heterocycles. The van der Waals surface area contributed by atoms with Crippen LogP contribution in [0.2, 0.25) is 0 Å². The van der Waals surface area contributed by atoms with E-state index in [-0.39, 0.29) is 6.04 Å². The molecule has 0 saturated heterocycles. The van der Waals surface area contributed by atoms with Gasteiger partial charge in [0.1, 0.15) is 0 Å². The Labute approximate surface area is 144 Å². The molecule has 2 N–H and O–H groups in total. The molecule has 0 fully saturated rings. The van der Waals surface area contributed by atoms with Crippen molar-refractivity contribution in [3.63, 3.8) is 0 Å². The van der Waals surface area contributed by atoms with Crippen molar-refractivity contribution < 1.29 is 0 Å². The van der Waals surface area contributed by atoms with E-state index in [9.17, 15) is 0 Å². The summed E-state index contributed by atoms with van der Waals surface area (Å²) in [5.74, 6) is 2.02. The van der Waals surface area contributed by atoms with Crippen molar-refractivity contribution in [1.82, 2.24) is 19.8 Å². The van der Waals surface area contributed by atoms with Gasteiger partial charge in [0.05, 0.1) is 6.04 Å². The molecule has 2 unspecified atom stereocenters. The van der Waals surface area contributed by atoms with E-state index < -0.39 is 0 Å². The van der Waals surface area contributed by atoms with Crippen LogP contribution in [-0.4, -0.2) is 19.8 Å². The highest BCUT2D eigenvalue weighted by atomic mass is 32.2. The number of nitrogens with two attached hydrogens (primary N) is 1. The average Bonchev–Trinajstić information content (AvgIpc) is 3.12. The van der Waals surface area contributed by atoms with E-state index in [0.29, 0.717) is 5.92 Å². The number of hydrogen-bond acceptors (Lipinski definition) is 6. The van der Waals surface area contributed by atoms with Gasteiger partial charge in [-0.25, -0.2) is 0 Å². The molecular formula is C16H21N5S2. The minimum atomic E-state index is -0.133. The third kappa shape index (κ3) is 3.41. The number of nitrogens with zero attached hydrogens (tertiary/aromatic N) is 4. The Balaban J connectivity index is 1.78. The van der Waals surface area contributed by atoms with Crippen LogP contribution in [0.4, 0.5) is 0 Å². The summed E-state index contributed by atoms with van der Waals surface area (Å²) in [6.45, 7) is 6.40. The minimum absolute atomic E-state index is 0.133. The summed E-state index contributed by atoms with van der Waals surface area (Å²) in [5.41, 5.74) is 8.93. The third-order valence-corrected chi connectivity index (χ3v) is 6.24. The Hall–Kier alpha value is -1.44. The molecule has 0 aliphatic carbocycles. The smallest absolute Gasteiger partial charge is 0.235 e. The summed E-state index contributed by atoms with van der Waals surface area (Å²) >= 11 is 3.30. The van der Waals surface area contributed by atoms with Crippen molar-refractivity contribution in [2.45, 2.75) is 43.3 Å². The van der Waals surface area contributed by atoms with Gasteiger partial charge in [-0.1, -0.05) is 67.6 Å². The summed E-state index contributed by atoms with van der Waals surface area (Å²) in [6.07, 6.45) is 1.01. The second kappa shape index (κ2) is 6.98. The highest BCUT2D eigenvalue weighted by molar-refractivity contribution is 8.00. The molecule has 23 heavy (non-hydrogen) atoms. The first kappa shape index (κ1) is 16.4. The zero-order valence-corrected chi connectivity index (χ0v) is 15.2. The van der Waals surface area contributed by atoms with E-state index in [4.69, 9.17) is 5.73 Å². The first-order valence-electron chi connectivity index (χ1n) is 7.75. The van der Waals surface area contributed by atoms with E-state index in [1.54, 1.807) is 23.1 Å². The van der Waals surface area contributed by atoms with Crippen LogP contribution in [-0.2, 0) is 5.75 Å². The molecule has 7 heteroatoms. The zero-order valence-electron chi connectivity index (χ0n) is 13.6. The maximum atomic E-state index is 6.29. The van der Waals surface area contributed by atoms with Crippen LogP contribution >= 0.6 is 23.1 Å². The Bertz CT molecular complexity index is 795. The monoisotopic (exact) mass is 347 g/mol. The fourth-order valence-corrected chi connectivity index (χ4v) is 4.26. The number of aryl methyl sites for hydroxylation is 1. The van der Waals surface area contributed by atoms with Gasteiger partial charge in [0.25, 0.3) is 0 Å². The Morgan fingerprint density at radius 3 is 2.83 bits per heavy atom. The molecule has 2 atom stereocenters. The van der Waals surface area contributed by atoms with Crippen molar-refractivity contribution in [1.29, 1.82) is 0 Å². The lowest BCUT2D eigenvalue weighted by molar-refractivity contribution is 0.431. The molecule has 0 saturated carbocycles. The van der Waals surface area contributed by atoms with E-state index in [2.05, 4.69) is 60.3 Å². The van der Waals surface area contributed by atoms with Gasteiger partial charge in [0.2, 0.25) is 4.96 Å². The summed E-state index contributed by atoms with van der Waals surface area (Å²) in [5, 5.41) is 13.1. The molecule has 0 amide bonds. The number of benzene rings is 1. The zero-order chi connectivity index (χ0) is 16.4. The van der Waals surface area contributed by atoms with Gasteiger partial charge < -0.3 is 5.73 Å². The number of aromatic nitrogens is 4. The number of hydrogen-bond donors (Lipinski definition) is 1. The van der Waals surface area contributed by atoms with Crippen LogP contribution < -0.4 is 5.73 Å². The van der Waals surface area contributed by atoms with Gasteiger partial charge in [-0.15, -0.1) is 15.3 Å². The molecular weight excluding hydrogens is 326 g/mol. The van der Waals surface area contributed by atoms with Crippen LogP contribution in [0.5, 0.6) is 0 Å². The maximum Gasteiger partial charge on any atom is 0.235 e. The van der Waals surface area contributed by atoms with E-state index in [0.717, 1.165) is 27.3 Å². The van der Waals surface area contributed by atoms with Crippen LogP contribution in [0, 0.1) is 12.8 Å². The molecule has 1 aromatic carbocycles. The molecule has 122 valence electrons. The summed E-state index contributed by atoms with van der Waals surface area (Å²) in [6, 6.07) is 8.30. The fourth-order valence-electron chi connectivity index (χ4n) is 2.30. The van der Waals surface area contributed by atoms with Gasteiger partial charge in [-0.3, -0.25) is 0 Å². The van der Waals surface area contributed by atoms with Crippen LogP contribution in [0.1, 0.15) is 43.3 Å². The summed E-state index contributed by atoms with van der Waals surface area (Å²) in [4.78, 5) is 0.811. The molecule has 0 aliphatic heterocycles. The van der Waals surface area contributed by atoms with Crippen molar-refractivity contribution >= 4 is 28.1 Å². The number of fused-ring (bicyclic) bond motifs is 1. The predicted molar refractivity (Wildman–Crippen MR) is 95.8 cm³/mol. The van der Waals surface area contributed by atoms with Crippen LogP contribution in [0.15, 0.2) is 28.6 Å². The van der Waals surface area contributed by atoms with Gasteiger partial charge in [-0.05, 0) is 24.0 Å². The lowest BCUT2D eigenvalue weighted by Crippen LogP contribution is -2.21. The molecule has 0 radical (unpaired) electrons.